The summed E-state index contributed by atoms with van der Waals surface area (Å²) in [5.41, 5.74) is 0.929. The number of para-hydroxylation sites is 1. The molecule has 1 aromatic heterocycles. The van der Waals surface area contributed by atoms with Gasteiger partial charge in [0.15, 0.2) is 17.5 Å². The molecule has 1 aromatic carbocycles. The number of H-pyrrole nitrogens is 1. The number of halogens is 2. The molecule has 132 valence electrons. The fourth-order valence-electron chi connectivity index (χ4n) is 1.92. The summed E-state index contributed by atoms with van der Waals surface area (Å²) in [5.74, 6) is 0.562. The predicted octanol–water partition coefficient (Wildman–Crippen LogP) is 2.69. The first-order valence-corrected chi connectivity index (χ1v) is 7.60. The van der Waals surface area contributed by atoms with E-state index in [0.717, 1.165) is 12.2 Å². The van der Waals surface area contributed by atoms with Gasteiger partial charge < -0.3 is 15.4 Å². The molecule has 0 spiro atoms. The van der Waals surface area contributed by atoms with Crippen LogP contribution in [-0.4, -0.2) is 35.4 Å². The van der Waals surface area contributed by atoms with Crippen molar-refractivity contribution in [2.75, 3.05) is 13.1 Å². The van der Waals surface area contributed by atoms with E-state index in [4.69, 9.17) is 4.74 Å². The van der Waals surface area contributed by atoms with Crippen LogP contribution in [-0.2, 0) is 6.54 Å². The van der Waals surface area contributed by atoms with E-state index >= 15 is 0 Å². The first kappa shape index (κ1) is 20.2. The van der Waals surface area contributed by atoms with Crippen LogP contribution in [0.5, 0.6) is 5.75 Å². The van der Waals surface area contributed by atoms with Crippen LogP contribution >= 0.6 is 24.0 Å². The number of ether oxygens (including phenoxy) is 1. The van der Waals surface area contributed by atoms with Gasteiger partial charge in [-0.05, 0) is 32.0 Å². The SMILES string of the molecule is CCNC(=NCc1ccn[nH]1)NCC(C)Oc1ccccc1F.I. The minimum atomic E-state index is -0.362. The number of nitrogens with one attached hydrogen (secondary N) is 3. The van der Waals surface area contributed by atoms with E-state index < -0.39 is 0 Å². The average molecular weight is 447 g/mol. The Bertz CT molecular complexity index is 621. The standard InChI is InChI=1S/C16H22FN5O.HI/c1-3-18-16(20-11-13-8-9-21-22-13)19-10-12(2)23-15-7-5-4-6-14(15)17;/h4-9,12H,3,10-11H2,1-2H3,(H,21,22)(H2,18,19,20);1H. The quantitative estimate of drug-likeness (QED) is 0.347. The lowest BCUT2D eigenvalue weighted by atomic mass is 10.3. The zero-order valence-corrected chi connectivity index (χ0v) is 16.1. The minimum absolute atomic E-state index is 0. The second-order valence-corrected chi connectivity index (χ2v) is 5.02. The summed E-state index contributed by atoms with van der Waals surface area (Å²) >= 11 is 0. The van der Waals surface area contributed by atoms with Crippen molar-refractivity contribution in [1.29, 1.82) is 0 Å². The van der Waals surface area contributed by atoms with E-state index in [0.29, 0.717) is 19.0 Å². The highest BCUT2D eigenvalue weighted by molar-refractivity contribution is 14.0. The molecule has 0 amide bonds. The van der Waals surface area contributed by atoms with Gasteiger partial charge >= 0.3 is 0 Å². The van der Waals surface area contributed by atoms with Crippen LogP contribution in [0.2, 0.25) is 0 Å². The lowest BCUT2D eigenvalue weighted by Crippen LogP contribution is -2.41. The van der Waals surface area contributed by atoms with Crippen LogP contribution in [0.4, 0.5) is 4.39 Å². The second kappa shape index (κ2) is 10.8. The molecular formula is C16H23FIN5O. The van der Waals surface area contributed by atoms with Crippen LogP contribution in [0, 0.1) is 5.82 Å². The first-order chi connectivity index (χ1) is 11.2. The summed E-state index contributed by atoms with van der Waals surface area (Å²) in [5, 5.41) is 13.1. The number of rotatable bonds is 7. The molecule has 0 aliphatic heterocycles. The number of aliphatic imine (C=N–C) groups is 1. The Morgan fingerprint density at radius 1 is 1.33 bits per heavy atom. The van der Waals surface area contributed by atoms with Crippen molar-refractivity contribution in [1.82, 2.24) is 20.8 Å². The number of hydrogen-bond donors (Lipinski definition) is 3. The molecule has 1 atom stereocenters. The molecule has 0 saturated heterocycles. The second-order valence-electron chi connectivity index (χ2n) is 5.02. The molecular weight excluding hydrogens is 424 g/mol. The largest absolute Gasteiger partial charge is 0.486 e. The van der Waals surface area contributed by atoms with Crippen LogP contribution in [0.15, 0.2) is 41.5 Å². The number of benzene rings is 1. The lowest BCUT2D eigenvalue weighted by Gasteiger charge is -2.17. The molecule has 6 nitrogen and oxygen atoms in total. The van der Waals surface area contributed by atoms with E-state index in [1.165, 1.54) is 6.07 Å². The monoisotopic (exact) mass is 447 g/mol. The van der Waals surface area contributed by atoms with Gasteiger partial charge in [0.05, 0.1) is 18.8 Å². The van der Waals surface area contributed by atoms with Gasteiger partial charge in [-0.3, -0.25) is 5.10 Å². The normalized spacial score (nSPS) is 12.2. The molecule has 0 radical (unpaired) electrons. The number of hydrogen-bond acceptors (Lipinski definition) is 3. The van der Waals surface area contributed by atoms with Gasteiger partial charge in [-0.2, -0.15) is 5.10 Å². The number of aromatic amines is 1. The zero-order valence-electron chi connectivity index (χ0n) is 13.8. The molecule has 3 N–H and O–H groups in total. The number of nitrogens with zero attached hydrogens (tertiary/aromatic N) is 2. The maximum absolute atomic E-state index is 13.6. The minimum Gasteiger partial charge on any atom is -0.486 e. The van der Waals surface area contributed by atoms with E-state index in [-0.39, 0.29) is 41.6 Å². The molecule has 0 aliphatic rings. The fraction of sp³-hybridized carbons (Fsp3) is 0.375. The Hall–Kier alpha value is -1.84. The average Bonchev–Trinajstić information content (AvgIpc) is 3.06. The molecule has 0 fully saturated rings. The molecule has 1 heterocycles. The molecule has 0 saturated carbocycles. The zero-order chi connectivity index (χ0) is 16.5. The molecule has 24 heavy (non-hydrogen) atoms. The summed E-state index contributed by atoms with van der Waals surface area (Å²) in [6.45, 7) is 5.61. The molecule has 8 heteroatoms. The van der Waals surface area contributed by atoms with Crippen molar-refractivity contribution in [3.8, 4) is 5.75 Å². The summed E-state index contributed by atoms with van der Waals surface area (Å²) in [7, 11) is 0. The highest BCUT2D eigenvalue weighted by atomic mass is 127. The third-order valence-corrected chi connectivity index (χ3v) is 3.03. The molecule has 1 unspecified atom stereocenters. The van der Waals surface area contributed by atoms with Crippen molar-refractivity contribution in [2.24, 2.45) is 4.99 Å². The highest BCUT2D eigenvalue weighted by Gasteiger charge is 2.08. The van der Waals surface area contributed by atoms with Gasteiger partial charge in [-0.1, -0.05) is 12.1 Å². The van der Waals surface area contributed by atoms with Gasteiger partial charge in [0.2, 0.25) is 0 Å². The first-order valence-electron chi connectivity index (χ1n) is 7.60. The Labute approximate surface area is 158 Å². The maximum Gasteiger partial charge on any atom is 0.191 e. The van der Waals surface area contributed by atoms with E-state index in [2.05, 4.69) is 25.8 Å². The van der Waals surface area contributed by atoms with Gasteiger partial charge in [-0.25, -0.2) is 9.38 Å². The summed E-state index contributed by atoms with van der Waals surface area (Å²) in [6.07, 6.45) is 1.48. The maximum atomic E-state index is 13.6. The molecule has 2 aromatic rings. The van der Waals surface area contributed by atoms with Gasteiger partial charge in [0.1, 0.15) is 6.10 Å². The third-order valence-electron chi connectivity index (χ3n) is 3.03. The highest BCUT2D eigenvalue weighted by Crippen LogP contribution is 2.16. The van der Waals surface area contributed by atoms with Gasteiger partial charge in [0.25, 0.3) is 0 Å². The van der Waals surface area contributed by atoms with Crippen molar-refractivity contribution in [2.45, 2.75) is 26.5 Å². The van der Waals surface area contributed by atoms with Crippen LogP contribution in [0.1, 0.15) is 19.5 Å². The molecule has 0 aliphatic carbocycles. The molecule has 2 rings (SSSR count). The van der Waals surface area contributed by atoms with E-state index in [9.17, 15) is 4.39 Å². The van der Waals surface area contributed by atoms with Crippen molar-refractivity contribution < 1.29 is 9.13 Å². The lowest BCUT2D eigenvalue weighted by molar-refractivity contribution is 0.214. The van der Waals surface area contributed by atoms with E-state index in [1.807, 2.05) is 19.9 Å². The molecule has 0 bridgehead atoms. The van der Waals surface area contributed by atoms with Gasteiger partial charge in [0, 0.05) is 12.7 Å². The fourth-order valence-corrected chi connectivity index (χ4v) is 1.92. The Kier molecular flexibility index (Phi) is 9.13. The smallest absolute Gasteiger partial charge is 0.191 e. The van der Waals surface area contributed by atoms with E-state index in [1.54, 1.807) is 24.4 Å². The Morgan fingerprint density at radius 3 is 2.79 bits per heavy atom. The Morgan fingerprint density at radius 2 is 2.12 bits per heavy atom. The topological polar surface area (TPSA) is 74.3 Å². The number of guanidine groups is 1. The number of aromatic nitrogens is 2. The van der Waals surface area contributed by atoms with Crippen LogP contribution in [0.25, 0.3) is 0 Å². The van der Waals surface area contributed by atoms with Crippen LogP contribution < -0.4 is 15.4 Å². The van der Waals surface area contributed by atoms with Crippen LogP contribution in [0.3, 0.4) is 0 Å². The summed E-state index contributed by atoms with van der Waals surface area (Å²) in [4.78, 5) is 4.45. The summed E-state index contributed by atoms with van der Waals surface area (Å²) < 4.78 is 19.1. The predicted molar refractivity (Wildman–Crippen MR) is 103 cm³/mol. The van der Waals surface area contributed by atoms with Gasteiger partial charge in [-0.15, -0.1) is 24.0 Å². The van der Waals surface area contributed by atoms with Crippen molar-refractivity contribution >= 4 is 29.9 Å². The van der Waals surface area contributed by atoms with Crippen molar-refractivity contribution in [3.05, 3.63) is 48.0 Å². The Balaban J connectivity index is 0.00000288. The third kappa shape index (κ3) is 6.73. The van der Waals surface area contributed by atoms with Crippen molar-refractivity contribution in [3.63, 3.8) is 0 Å². The summed E-state index contributed by atoms with van der Waals surface area (Å²) in [6, 6.07) is 8.25.